The fourth-order valence-electron chi connectivity index (χ4n) is 4.28. The summed E-state index contributed by atoms with van der Waals surface area (Å²) in [6.45, 7) is 2.17. The number of methoxy groups -OCH3 is 1. The molecule has 2 N–H and O–H groups in total. The first-order chi connectivity index (χ1) is 10.3. The summed E-state index contributed by atoms with van der Waals surface area (Å²) in [6, 6.07) is 8.99. The van der Waals surface area contributed by atoms with Crippen molar-refractivity contribution in [3.05, 3.63) is 29.8 Å². The molecule has 3 atom stereocenters. The SMILES string of the molecule is COc1ccccc1C(N)CN1CCCC2CCCCC21. The average molecular weight is 288 g/mol. The van der Waals surface area contributed by atoms with Gasteiger partial charge in [0.1, 0.15) is 5.75 Å². The van der Waals surface area contributed by atoms with Gasteiger partial charge in [-0.3, -0.25) is 4.90 Å². The van der Waals surface area contributed by atoms with Crippen LogP contribution in [0.4, 0.5) is 0 Å². The number of hydrogen-bond acceptors (Lipinski definition) is 3. The van der Waals surface area contributed by atoms with E-state index in [0.29, 0.717) is 0 Å². The molecule has 3 unspecified atom stereocenters. The van der Waals surface area contributed by atoms with Gasteiger partial charge in [-0.15, -0.1) is 0 Å². The molecule has 1 aromatic carbocycles. The van der Waals surface area contributed by atoms with Crippen molar-refractivity contribution in [2.75, 3.05) is 20.2 Å². The number of nitrogens with zero attached hydrogens (tertiary/aromatic N) is 1. The van der Waals surface area contributed by atoms with Gasteiger partial charge in [0.15, 0.2) is 0 Å². The first-order valence-corrected chi connectivity index (χ1v) is 8.42. The maximum absolute atomic E-state index is 6.50. The summed E-state index contributed by atoms with van der Waals surface area (Å²) in [5, 5.41) is 0. The number of fused-ring (bicyclic) bond motifs is 1. The van der Waals surface area contributed by atoms with Gasteiger partial charge in [0.2, 0.25) is 0 Å². The van der Waals surface area contributed by atoms with E-state index in [1.54, 1.807) is 7.11 Å². The van der Waals surface area contributed by atoms with Crippen molar-refractivity contribution in [3.63, 3.8) is 0 Å². The van der Waals surface area contributed by atoms with Crippen LogP contribution in [0.15, 0.2) is 24.3 Å². The molecule has 116 valence electrons. The van der Waals surface area contributed by atoms with E-state index in [0.717, 1.165) is 29.8 Å². The molecule has 2 aliphatic rings. The number of ether oxygens (including phenoxy) is 1. The van der Waals surface area contributed by atoms with E-state index in [9.17, 15) is 0 Å². The third-order valence-electron chi connectivity index (χ3n) is 5.33. The lowest BCUT2D eigenvalue weighted by Crippen LogP contribution is -2.49. The number of benzene rings is 1. The van der Waals surface area contributed by atoms with Crippen molar-refractivity contribution in [1.82, 2.24) is 4.90 Å². The zero-order chi connectivity index (χ0) is 14.7. The summed E-state index contributed by atoms with van der Waals surface area (Å²) in [5.41, 5.74) is 7.64. The van der Waals surface area contributed by atoms with E-state index in [2.05, 4.69) is 17.0 Å². The number of nitrogens with two attached hydrogens (primary N) is 1. The minimum atomic E-state index is 0.0434. The highest BCUT2D eigenvalue weighted by atomic mass is 16.5. The van der Waals surface area contributed by atoms with Gasteiger partial charge in [-0.25, -0.2) is 0 Å². The standard InChI is InChI=1S/C18H28N2O/c1-21-18-11-5-3-9-15(18)16(19)13-20-12-6-8-14-7-2-4-10-17(14)20/h3,5,9,11,14,16-17H,2,4,6-8,10,12-13,19H2,1H3. The van der Waals surface area contributed by atoms with Gasteiger partial charge >= 0.3 is 0 Å². The lowest BCUT2D eigenvalue weighted by molar-refractivity contribution is 0.0560. The van der Waals surface area contributed by atoms with E-state index >= 15 is 0 Å². The third-order valence-corrected chi connectivity index (χ3v) is 5.33. The summed E-state index contributed by atoms with van der Waals surface area (Å²) in [5.74, 6) is 1.83. The fourth-order valence-corrected chi connectivity index (χ4v) is 4.28. The molecule has 0 amide bonds. The molecule has 1 aliphatic heterocycles. The Kier molecular flexibility index (Phi) is 4.81. The second kappa shape index (κ2) is 6.80. The largest absolute Gasteiger partial charge is 0.496 e. The summed E-state index contributed by atoms with van der Waals surface area (Å²) in [6.07, 6.45) is 8.36. The van der Waals surface area contributed by atoms with Gasteiger partial charge < -0.3 is 10.5 Å². The molecule has 3 rings (SSSR count). The zero-order valence-electron chi connectivity index (χ0n) is 13.1. The minimum Gasteiger partial charge on any atom is -0.496 e. The number of piperidine rings is 1. The molecule has 1 aliphatic carbocycles. The van der Waals surface area contributed by atoms with Crippen LogP contribution in [0.1, 0.15) is 50.1 Å². The molecule has 21 heavy (non-hydrogen) atoms. The molecule has 1 aromatic rings. The van der Waals surface area contributed by atoms with E-state index in [4.69, 9.17) is 10.5 Å². The number of para-hydroxylation sites is 1. The molecule has 1 saturated carbocycles. The summed E-state index contributed by atoms with van der Waals surface area (Å²) >= 11 is 0. The molecule has 0 aromatic heterocycles. The topological polar surface area (TPSA) is 38.5 Å². The highest BCUT2D eigenvalue weighted by molar-refractivity contribution is 5.35. The molecular weight excluding hydrogens is 260 g/mol. The van der Waals surface area contributed by atoms with Crippen LogP contribution in [-0.4, -0.2) is 31.1 Å². The Bertz CT molecular complexity index is 460. The van der Waals surface area contributed by atoms with Gasteiger partial charge in [0, 0.05) is 24.2 Å². The second-order valence-corrected chi connectivity index (χ2v) is 6.60. The Morgan fingerprint density at radius 1 is 1.19 bits per heavy atom. The van der Waals surface area contributed by atoms with Crippen molar-refractivity contribution in [2.45, 2.75) is 50.6 Å². The summed E-state index contributed by atoms with van der Waals surface area (Å²) in [4.78, 5) is 2.66. The zero-order valence-corrected chi connectivity index (χ0v) is 13.1. The first kappa shape index (κ1) is 14.9. The Hall–Kier alpha value is -1.06. The lowest BCUT2D eigenvalue weighted by Gasteiger charge is -2.45. The van der Waals surface area contributed by atoms with Gasteiger partial charge in [0.25, 0.3) is 0 Å². The Balaban J connectivity index is 1.69. The third kappa shape index (κ3) is 3.24. The quantitative estimate of drug-likeness (QED) is 0.923. The van der Waals surface area contributed by atoms with Crippen molar-refractivity contribution in [2.24, 2.45) is 11.7 Å². The summed E-state index contributed by atoms with van der Waals surface area (Å²) in [7, 11) is 1.73. The molecule has 0 bridgehead atoms. The van der Waals surface area contributed by atoms with Crippen LogP contribution in [-0.2, 0) is 0 Å². The maximum atomic E-state index is 6.50. The van der Waals surface area contributed by atoms with Crippen molar-refractivity contribution < 1.29 is 4.74 Å². The van der Waals surface area contributed by atoms with Crippen LogP contribution in [0.2, 0.25) is 0 Å². The van der Waals surface area contributed by atoms with Crippen LogP contribution in [0.3, 0.4) is 0 Å². The second-order valence-electron chi connectivity index (χ2n) is 6.60. The Morgan fingerprint density at radius 3 is 2.81 bits per heavy atom. The summed E-state index contributed by atoms with van der Waals surface area (Å²) < 4.78 is 5.46. The first-order valence-electron chi connectivity index (χ1n) is 8.42. The molecule has 1 heterocycles. The van der Waals surface area contributed by atoms with E-state index in [1.807, 2.05) is 12.1 Å². The number of likely N-dealkylation sites (tertiary alicyclic amines) is 1. The van der Waals surface area contributed by atoms with Crippen molar-refractivity contribution >= 4 is 0 Å². The molecular formula is C18H28N2O. The van der Waals surface area contributed by atoms with Crippen LogP contribution < -0.4 is 10.5 Å². The van der Waals surface area contributed by atoms with Crippen molar-refractivity contribution in [3.8, 4) is 5.75 Å². The monoisotopic (exact) mass is 288 g/mol. The molecule has 3 heteroatoms. The molecule has 2 fully saturated rings. The van der Waals surface area contributed by atoms with Crippen LogP contribution in [0.5, 0.6) is 5.75 Å². The van der Waals surface area contributed by atoms with E-state index in [-0.39, 0.29) is 6.04 Å². The lowest BCUT2D eigenvalue weighted by atomic mass is 9.78. The van der Waals surface area contributed by atoms with Gasteiger partial charge in [-0.1, -0.05) is 31.0 Å². The van der Waals surface area contributed by atoms with Gasteiger partial charge in [-0.05, 0) is 44.2 Å². The smallest absolute Gasteiger partial charge is 0.123 e. The molecule has 1 saturated heterocycles. The van der Waals surface area contributed by atoms with Crippen molar-refractivity contribution in [1.29, 1.82) is 0 Å². The Labute approximate surface area is 128 Å². The molecule has 0 radical (unpaired) electrons. The molecule has 3 nitrogen and oxygen atoms in total. The van der Waals surface area contributed by atoms with Crippen LogP contribution in [0, 0.1) is 5.92 Å². The van der Waals surface area contributed by atoms with Gasteiger partial charge in [-0.2, -0.15) is 0 Å². The number of rotatable bonds is 4. The maximum Gasteiger partial charge on any atom is 0.123 e. The van der Waals surface area contributed by atoms with E-state index < -0.39 is 0 Å². The van der Waals surface area contributed by atoms with Crippen LogP contribution in [0.25, 0.3) is 0 Å². The average Bonchev–Trinajstić information content (AvgIpc) is 2.55. The fraction of sp³-hybridized carbons (Fsp3) is 0.667. The minimum absolute atomic E-state index is 0.0434. The predicted molar refractivity (Wildman–Crippen MR) is 86.5 cm³/mol. The van der Waals surface area contributed by atoms with Crippen LogP contribution >= 0.6 is 0 Å². The Morgan fingerprint density at radius 2 is 1.95 bits per heavy atom. The predicted octanol–water partition coefficient (Wildman–Crippen LogP) is 3.35. The van der Waals surface area contributed by atoms with Gasteiger partial charge in [0.05, 0.1) is 7.11 Å². The number of hydrogen-bond donors (Lipinski definition) is 1. The highest BCUT2D eigenvalue weighted by Crippen LogP contribution is 2.36. The normalized spacial score (nSPS) is 27.9. The highest BCUT2D eigenvalue weighted by Gasteiger charge is 2.33. The van der Waals surface area contributed by atoms with E-state index in [1.165, 1.54) is 45.1 Å². The molecule has 0 spiro atoms.